The van der Waals surface area contributed by atoms with Gasteiger partial charge in [-0.1, -0.05) is 13.0 Å². The number of allylic oxidation sites excluding steroid dienone is 2. The van der Waals surface area contributed by atoms with Gasteiger partial charge in [-0.25, -0.2) is 23.1 Å². The number of imidazole rings is 1. The maximum Gasteiger partial charge on any atom is 0.433 e. The second-order valence-corrected chi connectivity index (χ2v) is 11.3. The van der Waals surface area contributed by atoms with E-state index in [0.29, 0.717) is 12.0 Å². The van der Waals surface area contributed by atoms with E-state index in [1.807, 2.05) is 0 Å². The third kappa shape index (κ3) is 10.0. The molecule has 3 atom stereocenters. The molecule has 2 fully saturated rings. The lowest BCUT2D eigenvalue weighted by Gasteiger charge is -2.16. The molecule has 16 heteroatoms. The first-order valence-corrected chi connectivity index (χ1v) is 15.3. The van der Waals surface area contributed by atoms with Gasteiger partial charge in [0.25, 0.3) is 5.91 Å². The van der Waals surface area contributed by atoms with E-state index in [-0.39, 0.29) is 46.9 Å². The van der Waals surface area contributed by atoms with Crippen molar-refractivity contribution in [1.82, 2.24) is 30.3 Å². The largest absolute Gasteiger partial charge is 0.433 e. The number of alkyl halides is 5. The predicted octanol–water partition coefficient (Wildman–Crippen LogP) is 5.71. The minimum absolute atomic E-state index is 0.0278. The molecule has 0 spiro atoms. The molecule has 1 aromatic carbocycles. The molecule has 2 aromatic heterocycles. The van der Waals surface area contributed by atoms with E-state index in [2.05, 4.69) is 36.2 Å². The summed E-state index contributed by atoms with van der Waals surface area (Å²) in [4.78, 5) is 34.8. The Morgan fingerprint density at radius 2 is 1.88 bits per heavy atom. The molecule has 3 unspecified atom stereocenters. The number of carbonyl (C=O) groups excluding carboxylic acids is 2. The Bertz CT molecular complexity index is 1590. The van der Waals surface area contributed by atoms with Crippen LogP contribution in [0, 0.1) is 24.6 Å². The third-order valence-electron chi connectivity index (χ3n) is 7.59. The lowest BCUT2D eigenvalue weighted by Crippen LogP contribution is -2.40. The van der Waals surface area contributed by atoms with Gasteiger partial charge in [0.1, 0.15) is 11.5 Å². The first kappa shape index (κ1) is 38.0. The van der Waals surface area contributed by atoms with Crippen molar-refractivity contribution in [2.24, 2.45) is 16.8 Å². The fraction of sp³-hybridized carbons (Fsp3) is 0.469. The summed E-state index contributed by atoms with van der Waals surface area (Å²) in [7, 11) is 1.06. The van der Waals surface area contributed by atoms with Gasteiger partial charge in [0, 0.05) is 49.7 Å². The molecule has 1 aliphatic carbocycles. The van der Waals surface area contributed by atoms with Crippen LogP contribution in [0.5, 0.6) is 0 Å². The van der Waals surface area contributed by atoms with Crippen molar-refractivity contribution in [2.45, 2.75) is 59.2 Å². The minimum atomic E-state index is -4.67. The van der Waals surface area contributed by atoms with Crippen molar-refractivity contribution in [2.75, 3.05) is 32.0 Å². The highest BCUT2D eigenvalue weighted by atomic mass is 19.4. The number of carbonyl (C=O) groups is 2. The van der Waals surface area contributed by atoms with Crippen molar-refractivity contribution in [1.29, 1.82) is 0 Å². The molecular formula is C32H40F6N8O2. The summed E-state index contributed by atoms with van der Waals surface area (Å²) in [6.07, 6.45) is 0.598. The van der Waals surface area contributed by atoms with Crippen LogP contribution in [0.2, 0.25) is 0 Å². The molecule has 3 aromatic rings. The van der Waals surface area contributed by atoms with Crippen molar-refractivity contribution >= 4 is 40.8 Å². The van der Waals surface area contributed by atoms with Crippen LogP contribution in [-0.2, 0) is 4.79 Å². The Morgan fingerprint density at radius 1 is 1.21 bits per heavy atom. The number of nitrogens with zero attached hydrogens (tertiary/aromatic N) is 4. The van der Waals surface area contributed by atoms with Crippen molar-refractivity contribution < 1.29 is 35.9 Å². The quantitative estimate of drug-likeness (QED) is 0.124. The smallest absolute Gasteiger partial charge is 0.357 e. The highest BCUT2D eigenvalue weighted by Crippen LogP contribution is 2.40. The van der Waals surface area contributed by atoms with Crippen LogP contribution in [0.4, 0.5) is 37.8 Å². The number of aryl methyl sites for hydroxylation is 1. The zero-order chi connectivity index (χ0) is 35.6. The average Bonchev–Trinajstić information content (AvgIpc) is 3.39. The van der Waals surface area contributed by atoms with Gasteiger partial charge in [-0.05, 0) is 69.8 Å². The molecule has 3 heterocycles. The van der Waals surface area contributed by atoms with Gasteiger partial charge in [0.2, 0.25) is 12.8 Å². The lowest BCUT2D eigenvalue weighted by atomic mass is 10.1. The van der Waals surface area contributed by atoms with Crippen LogP contribution in [0.15, 0.2) is 41.8 Å². The SMILES string of the molecule is C/C=C(\C(=NC)C(F)(F)F)c1cnc2c(Nc3cc(C)c(C(=O)NC(C)CNC=O)c(F)c3)nccn12.C1NCC2CC12.CCC(F)F. The first-order valence-electron chi connectivity index (χ1n) is 15.3. The van der Waals surface area contributed by atoms with Crippen LogP contribution >= 0.6 is 0 Å². The van der Waals surface area contributed by atoms with E-state index < -0.39 is 36.1 Å². The molecule has 0 bridgehead atoms. The fourth-order valence-electron chi connectivity index (χ4n) is 5.09. The molecule has 48 heavy (non-hydrogen) atoms. The van der Waals surface area contributed by atoms with Gasteiger partial charge in [-0.15, -0.1) is 0 Å². The molecule has 5 rings (SSSR count). The van der Waals surface area contributed by atoms with Gasteiger partial charge in [0.05, 0.1) is 17.5 Å². The standard InChI is InChI=1S/C24H25F4N7O2.C5H9N.C3H6F2/c1-5-16(20(29-4)24(26,27)28)18-11-32-22-21(31-6-7-35(18)22)34-15-8-13(2)19(17(25)9-15)23(37)33-14(3)10-30-12-36;1-4-2-6-3-5(1)4;1-2-3(4)5/h5-9,11-12,14H,10H2,1-4H3,(H,30,36)(H,31,34)(H,33,37);4-6H,1-3H2;3H,2H2,1H3/b16-5-,29-20?;;. The number of anilines is 2. The average molecular weight is 683 g/mol. The number of halogens is 6. The zero-order valence-corrected chi connectivity index (χ0v) is 27.3. The molecule has 262 valence electrons. The number of aliphatic imine (C=N–C) groups is 1. The van der Waals surface area contributed by atoms with Gasteiger partial charge in [-0.2, -0.15) is 13.2 Å². The molecular weight excluding hydrogens is 642 g/mol. The van der Waals surface area contributed by atoms with Crippen LogP contribution in [0.3, 0.4) is 0 Å². The third-order valence-corrected chi connectivity index (χ3v) is 7.59. The maximum atomic E-state index is 14.9. The number of amides is 2. The van der Waals surface area contributed by atoms with Crippen molar-refractivity contribution in [3.63, 3.8) is 0 Å². The summed E-state index contributed by atoms with van der Waals surface area (Å²) in [5.74, 6) is 0.930. The van der Waals surface area contributed by atoms with E-state index >= 15 is 0 Å². The molecule has 0 radical (unpaired) electrons. The number of benzene rings is 1. The summed E-state index contributed by atoms with van der Waals surface area (Å²) < 4.78 is 78.4. The van der Waals surface area contributed by atoms with Crippen LogP contribution in [-0.4, -0.2) is 77.7 Å². The topological polar surface area (TPSA) is 125 Å². The Morgan fingerprint density at radius 3 is 2.35 bits per heavy atom. The number of fused-ring (bicyclic) bond motifs is 2. The first-order chi connectivity index (χ1) is 22.7. The van der Waals surface area contributed by atoms with Crippen LogP contribution in [0.25, 0.3) is 11.2 Å². The molecule has 1 aliphatic heterocycles. The predicted molar refractivity (Wildman–Crippen MR) is 172 cm³/mol. The Balaban J connectivity index is 0.000000476. The van der Waals surface area contributed by atoms with Crippen LogP contribution in [0.1, 0.15) is 55.2 Å². The molecule has 2 aliphatic rings. The lowest BCUT2D eigenvalue weighted by molar-refractivity contribution is -0.109. The number of hydrogen-bond donors (Lipinski definition) is 4. The molecule has 1 saturated heterocycles. The van der Waals surface area contributed by atoms with Gasteiger partial charge in [-0.3, -0.25) is 19.0 Å². The number of nitrogens with one attached hydrogen (secondary N) is 4. The molecule has 1 saturated carbocycles. The Labute approximate surface area is 274 Å². The highest BCUT2D eigenvalue weighted by Gasteiger charge is 2.40. The van der Waals surface area contributed by atoms with E-state index in [1.165, 1.54) is 68.5 Å². The van der Waals surface area contributed by atoms with Crippen molar-refractivity contribution in [3.05, 3.63) is 59.4 Å². The number of piperidine rings is 1. The highest BCUT2D eigenvalue weighted by molar-refractivity contribution is 6.26. The summed E-state index contributed by atoms with van der Waals surface area (Å²) in [6.45, 7) is 8.93. The van der Waals surface area contributed by atoms with E-state index in [9.17, 15) is 35.9 Å². The zero-order valence-electron chi connectivity index (χ0n) is 27.3. The van der Waals surface area contributed by atoms with Crippen LogP contribution < -0.4 is 21.3 Å². The van der Waals surface area contributed by atoms with E-state index in [4.69, 9.17) is 0 Å². The van der Waals surface area contributed by atoms with Gasteiger partial charge in [0.15, 0.2) is 11.5 Å². The number of aromatic nitrogens is 3. The number of hydrogen-bond acceptors (Lipinski definition) is 7. The van der Waals surface area contributed by atoms with E-state index in [1.54, 1.807) is 13.8 Å². The molecule has 10 nitrogen and oxygen atoms in total. The van der Waals surface area contributed by atoms with E-state index in [0.717, 1.165) is 24.9 Å². The number of rotatable bonds is 10. The van der Waals surface area contributed by atoms with Crippen molar-refractivity contribution in [3.8, 4) is 0 Å². The minimum Gasteiger partial charge on any atom is -0.357 e. The Kier molecular flexibility index (Phi) is 13.5. The second-order valence-electron chi connectivity index (χ2n) is 11.3. The molecule has 4 N–H and O–H groups in total. The fourth-order valence-corrected chi connectivity index (χ4v) is 5.09. The maximum absolute atomic E-state index is 14.9. The Hall–Kier alpha value is -4.47. The van der Waals surface area contributed by atoms with Gasteiger partial charge >= 0.3 is 6.18 Å². The molecule has 2 amide bonds. The van der Waals surface area contributed by atoms with Gasteiger partial charge < -0.3 is 21.3 Å². The second kappa shape index (κ2) is 17.1. The summed E-state index contributed by atoms with van der Waals surface area (Å²) in [6, 6.07) is 2.21. The normalized spacial score (nSPS) is 17.8. The summed E-state index contributed by atoms with van der Waals surface area (Å²) in [5.41, 5.74) is -0.435. The monoisotopic (exact) mass is 682 g/mol. The summed E-state index contributed by atoms with van der Waals surface area (Å²) in [5, 5.41) is 11.3. The summed E-state index contributed by atoms with van der Waals surface area (Å²) >= 11 is 0.